The summed E-state index contributed by atoms with van der Waals surface area (Å²) in [6.07, 6.45) is 2.28. The van der Waals surface area contributed by atoms with Gasteiger partial charge in [-0.2, -0.15) is 4.31 Å². The van der Waals surface area contributed by atoms with E-state index >= 15 is 0 Å². The van der Waals surface area contributed by atoms with E-state index in [-0.39, 0.29) is 16.8 Å². The van der Waals surface area contributed by atoms with Crippen molar-refractivity contribution < 1.29 is 27.0 Å². The van der Waals surface area contributed by atoms with Crippen molar-refractivity contribution in [1.29, 1.82) is 0 Å². The quantitative estimate of drug-likeness (QED) is 0.523. The zero-order valence-corrected chi connectivity index (χ0v) is 19.5. The molecule has 0 radical (unpaired) electrons. The molecule has 4 rings (SSSR count). The number of nitrogens with zero attached hydrogens (tertiary/aromatic N) is 2. The number of halogens is 1. The number of sulfonamides is 1. The molecule has 2 heterocycles. The lowest BCUT2D eigenvalue weighted by Gasteiger charge is -2.26. The second-order valence-corrected chi connectivity index (χ2v) is 10.3. The van der Waals surface area contributed by atoms with Gasteiger partial charge in [0.25, 0.3) is 0 Å². The summed E-state index contributed by atoms with van der Waals surface area (Å²) in [5.74, 6) is 0.367. The SMILES string of the molecule is O=S(=O)(c1ccc(OCCN(Cc2cccc(F)c2)CC2CCCO2)cc1)N1CCOCC1. The molecule has 1 unspecified atom stereocenters. The molecule has 0 amide bonds. The Hall–Kier alpha value is -2.04. The minimum atomic E-state index is -3.52. The summed E-state index contributed by atoms with van der Waals surface area (Å²) >= 11 is 0. The molecule has 2 fully saturated rings. The van der Waals surface area contributed by atoms with Crippen LogP contribution in [0.25, 0.3) is 0 Å². The molecule has 9 heteroatoms. The second-order valence-electron chi connectivity index (χ2n) is 8.34. The summed E-state index contributed by atoms with van der Waals surface area (Å²) in [7, 11) is -3.52. The molecule has 180 valence electrons. The number of morpholine rings is 1. The van der Waals surface area contributed by atoms with E-state index < -0.39 is 10.0 Å². The van der Waals surface area contributed by atoms with Crippen molar-refractivity contribution in [2.24, 2.45) is 0 Å². The average Bonchev–Trinajstić information content (AvgIpc) is 3.33. The fourth-order valence-corrected chi connectivity index (χ4v) is 5.55. The van der Waals surface area contributed by atoms with Gasteiger partial charge in [0.15, 0.2) is 0 Å². The van der Waals surface area contributed by atoms with Crippen LogP contribution < -0.4 is 4.74 Å². The van der Waals surface area contributed by atoms with E-state index in [9.17, 15) is 12.8 Å². The van der Waals surface area contributed by atoms with Gasteiger partial charge < -0.3 is 14.2 Å². The predicted octanol–water partition coefficient (Wildman–Crippen LogP) is 2.91. The number of benzene rings is 2. The molecule has 0 aromatic heterocycles. The Kier molecular flexibility index (Phi) is 8.32. The minimum Gasteiger partial charge on any atom is -0.492 e. The van der Waals surface area contributed by atoms with Gasteiger partial charge in [0.1, 0.15) is 18.2 Å². The first-order valence-electron chi connectivity index (χ1n) is 11.4. The molecular formula is C24H31FN2O5S. The lowest BCUT2D eigenvalue weighted by molar-refractivity contribution is 0.0653. The van der Waals surface area contributed by atoms with E-state index in [1.807, 2.05) is 6.07 Å². The maximum atomic E-state index is 13.6. The molecule has 0 spiro atoms. The van der Waals surface area contributed by atoms with E-state index in [0.29, 0.717) is 51.7 Å². The highest BCUT2D eigenvalue weighted by atomic mass is 32.2. The van der Waals surface area contributed by atoms with Crippen molar-refractivity contribution in [2.75, 3.05) is 52.6 Å². The monoisotopic (exact) mass is 478 g/mol. The van der Waals surface area contributed by atoms with E-state index in [1.54, 1.807) is 36.4 Å². The molecular weight excluding hydrogens is 447 g/mol. The van der Waals surface area contributed by atoms with Crippen LogP contribution in [0.5, 0.6) is 5.75 Å². The van der Waals surface area contributed by atoms with Crippen molar-refractivity contribution >= 4 is 10.0 Å². The van der Waals surface area contributed by atoms with Crippen LogP contribution >= 0.6 is 0 Å². The first kappa shape index (κ1) is 24.1. The highest BCUT2D eigenvalue weighted by Crippen LogP contribution is 2.21. The zero-order chi connectivity index (χ0) is 23.1. The molecule has 33 heavy (non-hydrogen) atoms. The number of hydrogen-bond acceptors (Lipinski definition) is 6. The standard InChI is InChI=1S/C24H31FN2O5S/c25-21-4-1-3-20(17-21)18-26(19-23-5-2-13-31-23)10-16-32-22-6-8-24(9-7-22)33(28,29)27-11-14-30-15-12-27/h1,3-4,6-9,17,23H,2,5,10-16,18-19H2. The zero-order valence-electron chi connectivity index (χ0n) is 18.7. The summed E-state index contributed by atoms with van der Waals surface area (Å²) in [5, 5.41) is 0. The fraction of sp³-hybridized carbons (Fsp3) is 0.500. The van der Waals surface area contributed by atoms with Crippen molar-refractivity contribution in [3.63, 3.8) is 0 Å². The molecule has 2 aromatic rings. The van der Waals surface area contributed by atoms with Crippen molar-refractivity contribution in [2.45, 2.75) is 30.4 Å². The normalized spacial score (nSPS) is 19.8. The van der Waals surface area contributed by atoms with Gasteiger partial charge in [-0.15, -0.1) is 0 Å². The summed E-state index contributed by atoms with van der Waals surface area (Å²) in [6.45, 7) is 4.79. The Morgan fingerprint density at radius 2 is 1.88 bits per heavy atom. The molecule has 0 aliphatic carbocycles. The maximum Gasteiger partial charge on any atom is 0.243 e. The highest BCUT2D eigenvalue weighted by molar-refractivity contribution is 7.89. The summed E-state index contributed by atoms with van der Waals surface area (Å²) < 4.78 is 57.5. The van der Waals surface area contributed by atoms with Gasteiger partial charge in [-0.3, -0.25) is 4.90 Å². The number of rotatable bonds is 10. The third kappa shape index (κ3) is 6.74. The summed E-state index contributed by atoms with van der Waals surface area (Å²) in [4.78, 5) is 2.46. The molecule has 2 aromatic carbocycles. The Labute approximate surface area is 195 Å². The van der Waals surface area contributed by atoms with Gasteiger partial charge in [0.05, 0.1) is 24.2 Å². The molecule has 2 aliphatic heterocycles. The fourth-order valence-electron chi connectivity index (χ4n) is 4.14. The van der Waals surface area contributed by atoms with Crippen LogP contribution in [0.4, 0.5) is 4.39 Å². The molecule has 0 saturated carbocycles. The Bertz CT molecular complexity index is 990. The maximum absolute atomic E-state index is 13.6. The summed E-state index contributed by atoms with van der Waals surface area (Å²) in [6, 6.07) is 13.2. The molecule has 7 nitrogen and oxygen atoms in total. The molecule has 2 aliphatic rings. The van der Waals surface area contributed by atoms with Crippen LogP contribution in [-0.4, -0.2) is 76.3 Å². The van der Waals surface area contributed by atoms with Crippen LogP contribution in [0.3, 0.4) is 0 Å². The second kappa shape index (κ2) is 11.4. The Morgan fingerprint density at radius 1 is 1.09 bits per heavy atom. The van der Waals surface area contributed by atoms with E-state index in [4.69, 9.17) is 14.2 Å². The number of ether oxygens (including phenoxy) is 3. The third-order valence-electron chi connectivity index (χ3n) is 5.89. The van der Waals surface area contributed by atoms with Crippen LogP contribution in [-0.2, 0) is 26.0 Å². The number of hydrogen-bond donors (Lipinski definition) is 0. The smallest absolute Gasteiger partial charge is 0.243 e. The van der Waals surface area contributed by atoms with Gasteiger partial charge in [-0.05, 0) is 54.8 Å². The van der Waals surface area contributed by atoms with Crippen LogP contribution in [0.2, 0.25) is 0 Å². The minimum absolute atomic E-state index is 0.184. The van der Waals surface area contributed by atoms with Gasteiger partial charge in [-0.25, -0.2) is 12.8 Å². The topological polar surface area (TPSA) is 68.3 Å². The summed E-state index contributed by atoms with van der Waals surface area (Å²) in [5.41, 5.74) is 0.908. The predicted molar refractivity (Wildman–Crippen MR) is 122 cm³/mol. The molecule has 0 bridgehead atoms. The van der Waals surface area contributed by atoms with E-state index in [0.717, 1.165) is 31.6 Å². The van der Waals surface area contributed by atoms with Crippen LogP contribution in [0.15, 0.2) is 53.4 Å². The molecule has 1 atom stereocenters. The highest BCUT2D eigenvalue weighted by Gasteiger charge is 2.26. The lowest BCUT2D eigenvalue weighted by Crippen LogP contribution is -2.40. The van der Waals surface area contributed by atoms with Crippen LogP contribution in [0.1, 0.15) is 18.4 Å². The molecule has 2 saturated heterocycles. The van der Waals surface area contributed by atoms with E-state index in [1.165, 1.54) is 10.4 Å². The van der Waals surface area contributed by atoms with Gasteiger partial charge >= 0.3 is 0 Å². The first-order chi connectivity index (χ1) is 16.0. The largest absolute Gasteiger partial charge is 0.492 e. The van der Waals surface area contributed by atoms with E-state index in [2.05, 4.69) is 4.90 Å². The van der Waals surface area contributed by atoms with Crippen molar-refractivity contribution in [3.8, 4) is 5.75 Å². The van der Waals surface area contributed by atoms with Crippen LogP contribution in [0, 0.1) is 5.82 Å². The van der Waals surface area contributed by atoms with Crippen molar-refractivity contribution in [1.82, 2.24) is 9.21 Å². The Morgan fingerprint density at radius 3 is 2.58 bits per heavy atom. The van der Waals surface area contributed by atoms with Gasteiger partial charge in [0.2, 0.25) is 10.0 Å². The third-order valence-corrected chi connectivity index (χ3v) is 7.80. The lowest BCUT2D eigenvalue weighted by atomic mass is 10.2. The average molecular weight is 479 g/mol. The molecule has 0 N–H and O–H groups in total. The van der Waals surface area contributed by atoms with Gasteiger partial charge in [-0.1, -0.05) is 12.1 Å². The first-order valence-corrected chi connectivity index (χ1v) is 12.8. The Balaban J connectivity index is 1.33. The van der Waals surface area contributed by atoms with Gasteiger partial charge in [0, 0.05) is 39.3 Å². The van der Waals surface area contributed by atoms with Crippen molar-refractivity contribution in [3.05, 3.63) is 59.9 Å².